The summed E-state index contributed by atoms with van der Waals surface area (Å²) in [4.78, 5) is 4.59. The van der Waals surface area contributed by atoms with E-state index < -0.39 is 0 Å². The number of fused-ring (bicyclic) bond motifs is 6. The monoisotopic (exact) mass is 432 g/mol. The van der Waals surface area contributed by atoms with E-state index in [0.29, 0.717) is 19.1 Å². The number of pyridine rings is 1. The number of furan rings is 1. The van der Waals surface area contributed by atoms with E-state index >= 15 is 0 Å². The Morgan fingerprint density at radius 1 is 1.09 bits per heavy atom. The number of aromatic nitrogens is 1. The molecule has 164 valence electrons. The summed E-state index contributed by atoms with van der Waals surface area (Å²) in [6, 6.07) is 12.7. The van der Waals surface area contributed by atoms with Crippen LogP contribution >= 0.6 is 0 Å². The van der Waals surface area contributed by atoms with E-state index in [2.05, 4.69) is 10.3 Å². The Hall–Kier alpha value is -3.12. The molecule has 0 radical (unpaired) electrons. The number of nitrogens with one attached hydrogen (secondary N) is 1. The van der Waals surface area contributed by atoms with Crippen molar-refractivity contribution < 1.29 is 18.3 Å². The predicted octanol–water partition coefficient (Wildman–Crippen LogP) is 4.96. The molecule has 4 aromatic rings. The van der Waals surface area contributed by atoms with Gasteiger partial charge in [0.15, 0.2) is 11.5 Å². The number of aryl methyl sites for hydroxylation is 2. The van der Waals surface area contributed by atoms with Crippen LogP contribution in [0.2, 0.25) is 0 Å². The van der Waals surface area contributed by atoms with Crippen LogP contribution in [0.25, 0.3) is 21.9 Å². The molecule has 2 aromatic heterocycles. The van der Waals surface area contributed by atoms with Crippen LogP contribution in [0.4, 0.5) is 4.39 Å². The second-order valence-electron chi connectivity index (χ2n) is 8.87. The van der Waals surface area contributed by atoms with Gasteiger partial charge in [-0.05, 0) is 74.7 Å². The highest BCUT2D eigenvalue weighted by Gasteiger charge is 2.26. The standard InChI is InChI=1S/C26H25FN2O3/c1-15-2-5-19-22(29-15)6-9-25-26(19)31-18(14-30-25)13-28-12-16-3-7-23-20(10-16)21-11-17(27)4-8-24(21)32-23/h2,4-6,8-9,11,16,18,28H,3,7,10,12-14H2,1H3/t16-,18+/m1/s1. The lowest BCUT2D eigenvalue weighted by Gasteiger charge is -2.28. The first-order valence-electron chi connectivity index (χ1n) is 11.2. The lowest BCUT2D eigenvalue weighted by atomic mass is 9.86. The molecule has 0 spiro atoms. The third-order valence-corrected chi connectivity index (χ3v) is 6.55. The van der Waals surface area contributed by atoms with Crippen molar-refractivity contribution in [3.63, 3.8) is 0 Å². The van der Waals surface area contributed by atoms with Crippen LogP contribution in [-0.2, 0) is 12.8 Å². The van der Waals surface area contributed by atoms with Gasteiger partial charge in [0.05, 0.1) is 5.52 Å². The quantitative estimate of drug-likeness (QED) is 0.494. The molecular weight excluding hydrogens is 407 g/mol. The molecule has 2 aromatic carbocycles. The Labute approximate surface area is 185 Å². The van der Waals surface area contributed by atoms with Crippen LogP contribution in [0, 0.1) is 18.7 Å². The number of ether oxygens (including phenoxy) is 2. The SMILES string of the molecule is Cc1ccc2c3c(ccc2n1)OC[C@H](CNC[C@@H]1CCc2oc4ccc(F)cc4c2C1)O3. The van der Waals surface area contributed by atoms with E-state index in [9.17, 15) is 4.39 Å². The van der Waals surface area contributed by atoms with Gasteiger partial charge in [0.2, 0.25) is 0 Å². The Balaban J connectivity index is 1.10. The van der Waals surface area contributed by atoms with Gasteiger partial charge in [0.1, 0.15) is 29.9 Å². The van der Waals surface area contributed by atoms with Crippen molar-refractivity contribution in [3.8, 4) is 11.5 Å². The zero-order valence-corrected chi connectivity index (χ0v) is 18.0. The molecule has 0 saturated heterocycles. The smallest absolute Gasteiger partial charge is 0.171 e. The Kier molecular flexibility index (Phi) is 4.76. The molecule has 32 heavy (non-hydrogen) atoms. The Bertz CT molecular complexity index is 1320. The minimum Gasteiger partial charge on any atom is -0.486 e. The van der Waals surface area contributed by atoms with E-state index in [0.717, 1.165) is 76.2 Å². The predicted molar refractivity (Wildman–Crippen MR) is 121 cm³/mol. The second kappa shape index (κ2) is 7.78. The fourth-order valence-corrected chi connectivity index (χ4v) is 4.92. The van der Waals surface area contributed by atoms with Crippen molar-refractivity contribution >= 4 is 21.9 Å². The highest BCUT2D eigenvalue weighted by atomic mass is 19.1. The maximum Gasteiger partial charge on any atom is 0.171 e. The fraction of sp³-hybridized carbons (Fsp3) is 0.346. The van der Waals surface area contributed by atoms with Gasteiger partial charge in [0.25, 0.3) is 0 Å². The average Bonchev–Trinajstić information content (AvgIpc) is 3.16. The molecule has 2 aliphatic rings. The van der Waals surface area contributed by atoms with Crippen LogP contribution in [-0.4, -0.2) is 30.8 Å². The molecule has 0 unspecified atom stereocenters. The van der Waals surface area contributed by atoms with Crippen molar-refractivity contribution in [1.82, 2.24) is 10.3 Å². The summed E-state index contributed by atoms with van der Waals surface area (Å²) in [6.07, 6.45) is 2.80. The number of hydrogen-bond donors (Lipinski definition) is 1. The Morgan fingerprint density at radius 3 is 2.97 bits per heavy atom. The fourth-order valence-electron chi connectivity index (χ4n) is 4.92. The lowest BCUT2D eigenvalue weighted by Crippen LogP contribution is -2.40. The third-order valence-electron chi connectivity index (χ3n) is 6.55. The summed E-state index contributed by atoms with van der Waals surface area (Å²) in [6.45, 7) is 4.09. The van der Waals surface area contributed by atoms with Gasteiger partial charge < -0.3 is 19.2 Å². The summed E-state index contributed by atoms with van der Waals surface area (Å²) < 4.78 is 31.9. The van der Waals surface area contributed by atoms with Crippen molar-refractivity contribution in [2.75, 3.05) is 19.7 Å². The largest absolute Gasteiger partial charge is 0.486 e. The van der Waals surface area contributed by atoms with Crippen molar-refractivity contribution in [2.45, 2.75) is 32.3 Å². The maximum atomic E-state index is 13.7. The zero-order valence-electron chi connectivity index (χ0n) is 18.0. The molecule has 6 rings (SSSR count). The highest BCUT2D eigenvalue weighted by molar-refractivity contribution is 5.88. The number of benzene rings is 2. The van der Waals surface area contributed by atoms with Gasteiger partial charge in [-0.3, -0.25) is 4.98 Å². The minimum atomic E-state index is -0.214. The van der Waals surface area contributed by atoms with E-state index in [-0.39, 0.29) is 11.9 Å². The van der Waals surface area contributed by atoms with Gasteiger partial charge in [-0.2, -0.15) is 0 Å². The van der Waals surface area contributed by atoms with Crippen molar-refractivity contribution in [1.29, 1.82) is 0 Å². The first kappa shape index (κ1) is 19.6. The molecule has 0 fully saturated rings. The van der Waals surface area contributed by atoms with Crippen LogP contribution in [0.5, 0.6) is 11.5 Å². The van der Waals surface area contributed by atoms with E-state index in [4.69, 9.17) is 13.9 Å². The van der Waals surface area contributed by atoms with Crippen molar-refractivity contribution in [2.24, 2.45) is 5.92 Å². The zero-order chi connectivity index (χ0) is 21.7. The molecule has 0 saturated carbocycles. The second-order valence-corrected chi connectivity index (χ2v) is 8.87. The van der Waals surface area contributed by atoms with E-state index in [1.807, 2.05) is 31.2 Å². The first-order chi connectivity index (χ1) is 15.6. The van der Waals surface area contributed by atoms with Crippen LogP contribution in [0.1, 0.15) is 23.4 Å². The summed E-state index contributed by atoms with van der Waals surface area (Å²) >= 11 is 0. The molecule has 1 aliphatic carbocycles. The van der Waals surface area contributed by atoms with Crippen LogP contribution in [0.15, 0.2) is 46.9 Å². The van der Waals surface area contributed by atoms with E-state index in [1.165, 1.54) is 6.07 Å². The van der Waals surface area contributed by atoms with Gasteiger partial charge >= 0.3 is 0 Å². The number of hydrogen-bond acceptors (Lipinski definition) is 5. The molecule has 1 aliphatic heterocycles. The van der Waals surface area contributed by atoms with E-state index in [1.54, 1.807) is 12.1 Å². The molecular formula is C26H25FN2O3. The summed E-state index contributed by atoms with van der Waals surface area (Å²) in [5.41, 5.74) is 3.85. The summed E-state index contributed by atoms with van der Waals surface area (Å²) in [7, 11) is 0. The molecule has 1 N–H and O–H groups in total. The third kappa shape index (κ3) is 3.48. The summed E-state index contributed by atoms with van der Waals surface area (Å²) in [5.74, 6) is 2.84. The van der Waals surface area contributed by atoms with Gasteiger partial charge in [-0.1, -0.05) is 0 Å². The molecule has 0 amide bonds. The molecule has 3 heterocycles. The van der Waals surface area contributed by atoms with Crippen LogP contribution < -0.4 is 14.8 Å². The van der Waals surface area contributed by atoms with Crippen LogP contribution in [0.3, 0.4) is 0 Å². The number of rotatable bonds is 4. The lowest BCUT2D eigenvalue weighted by molar-refractivity contribution is 0.0915. The molecule has 5 nitrogen and oxygen atoms in total. The first-order valence-corrected chi connectivity index (χ1v) is 11.2. The van der Waals surface area contributed by atoms with Gasteiger partial charge in [-0.15, -0.1) is 0 Å². The summed E-state index contributed by atoms with van der Waals surface area (Å²) in [5, 5.41) is 5.47. The number of halogens is 1. The van der Waals surface area contributed by atoms with Gasteiger partial charge in [0, 0.05) is 35.0 Å². The Morgan fingerprint density at radius 2 is 2.03 bits per heavy atom. The normalized spacial score (nSPS) is 19.9. The topological polar surface area (TPSA) is 56.5 Å². The average molecular weight is 432 g/mol. The molecule has 6 heteroatoms. The number of nitrogens with zero attached hydrogens (tertiary/aromatic N) is 1. The molecule has 0 bridgehead atoms. The van der Waals surface area contributed by atoms with Crippen molar-refractivity contribution in [3.05, 3.63) is 65.3 Å². The minimum absolute atomic E-state index is 0.0580. The molecule has 2 atom stereocenters. The highest BCUT2D eigenvalue weighted by Crippen LogP contribution is 2.38. The maximum absolute atomic E-state index is 13.7. The van der Waals surface area contributed by atoms with Gasteiger partial charge in [-0.25, -0.2) is 4.39 Å².